The van der Waals surface area contributed by atoms with Gasteiger partial charge in [-0.1, -0.05) is 13.8 Å². The van der Waals surface area contributed by atoms with Gasteiger partial charge in [-0.05, 0) is 31.2 Å². The molecule has 1 aromatic carbocycles. The molecule has 110 valence electrons. The topological polar surface area (TPSA) is 58.4 Å². The Morgan fingerprint density at radius 3 is 2.65 bits per heavy atom. The monoisotopic (exact) mass is 277 g/mol. The first-order chi connectivity index (χ1) is 9.60. The maximum atomic E-state index is 11.1. The van der Waals surface area contributed by atoms with Gasteiger partial charge in [0.1, 0.15) is 0 Å². The molecule has 1 aromatic rings. The Morgan fingerprint density at radius 1 is 1.35 bits per heavy atom. The summed E-state index contributed by atoms with van der Waals surface area (Å²) in [7, 11) is 0. The van der Waals surface area contributed by atoms with E-state index in [0.717, 1.165) is 56.2 Å². The van der Waals surface area contributed by atoms with Gasteiger partial charge in [-0.25, -0.2) is 0 Å². The van der Waals surface area contributed by atoms with Crippen LogP contribution in [0.3, 0.4) is 0 Å². The molecule has 0 bridgehead atoms. The lowest BCUT2D eigenvalue weighted by Gasteiger charge is -2.32. The van der Waals surface area contributed by atoms with Gasteiger partial charge in [0.05, 0.1) is 4.92 Å². The molecule has 0 amide bonds. The number of nitrogens with zero attached hydrogens (tertiary/aromatic N) is 2. The summed E-state index contributed by atoms with van der Waals surface area (Å²) in [6.07, 6.45) is 3.31. The molecule has 5 nitrogen and oxygen atoms in total. The molecular weight excluding hydrogens is 254 g/mol. The molecule has 1 heterocycles. The number of anilines is 2. The minimum atomic E-state index is -0.312. The highest BCUT2D eigenvalue weighted by Crippen LogP contribution is 2.30. The fraction of sp³-hybridized carbons (Fsp3) is 0.600. The summed E-state index contributed by atoms with van der Waals surface area (Å²) < 4.78 is 0. The van der Waals surface area contributed by atoms with Gasteiger partial charge in [0, 0.05) is 43.1 Å². The summed E-state index contributed by atoms with van der Waals surface area (Å²) in [4.78, 5) is 13.0. The molecule has 0 saturated carbocycles. The van der Waals surface area contributed by atoms with Crippen LogP contribution in [0.5, 0.6) is 0 Å². The Kier molecular flexibility index (Phi) is 4.82. The number of hydrogen-bond donors (Lipinski definition) is 1. The highest BCUT2D eigenvalue weighted by molar-refractivity contribution is 5.64. The molecule has 0 radical (unpaired) electrons. The molecule has 0 unspecified atom stereocenters. The predicted octanol–water partition coefficient (Wildman–Crippen LogP) is 3.65. The van der Waals surface area contributed by atoms with Gasteiger partial charge in [-0.3, -0.25) is 10.1 Å². The van der Waals surface area contributed by atoms with Crippen LogP contribution in [0, 0.1) is 16.0 Å². The van der Waals surface area contributed by atoms with Crippen LogP contribution in [0.15, 0.2) is 18.2 Å². The van der Waals surface area contributed by atoms with Crippen molar-refractivity contribution in [3.63, 3.8) is 0 Å². The Morgan fingerprint density at radius 2 is 2.05 bits per heavy atom. The van der Waals surface area contributed by atoms with Crippen molar-refractivity contribution in [3.05, 3.63) is 28.3 Å². The normalized spacial score (nSPS) is 16.2. The Bertz CT molecular complexity index is 468. The molecular formula is C15H23N3O2. The molecule has 1 aliphatic rings. The van der Waals surface area contributed by atoms with Crippen molar-refractivity contribution in [1.82, 2.24) is 0 Å². The maximum absolute atomic E-state index is 11.1. The standard InChI is InChI=1S/C15H23N3O2/c1-3-6-16-13-9-14(11-15(10-13)18(19)20)17-7-4-12(2)5-8-17/h9-12,16H,3-8H2,1-2H3. The molecule has 0 spiro atoms. The van der Waals surface area contributed by atoms with Crippen molar-refractivity contribution in [2.24, 2.45) is 5.92 Å². The lowest BCUT2D eigenvalue weighted by molar-refractivity contribution is -0.384. The van der Waals surface area contributed by atoms with Crippen molar-refractivity contribution >= 4 is 17.1 Å². The van der Waals surface area contributed by atoms with Crippen molar-refractivity contribution in [2.75, 3.05) is 29.9 Å². The van der Waals surface area contributed by atoms with E-state index in [1.54, 1.807) is 12.1 Å². The first-order valence-corrected chi connectivity index (χ1v) is 7.38. The molecule has 1 fully saturated rings. The van der Waals surface area contributed by atoms with Crippen LogP contribution in [0.2, 0.25) is 0 Å². The summed E-state index contributed by atoms with van der Waals surface area (Å²) in [6, 6.07) is 5.33. The van der Waals surface area contributed by atoms with Gasteiger partial charge >= 0.3 is 0 Å². The molecule has 1 saturated heterocycles. The summed E-state index contributed by atoms with van der Waals surface area (Å²) in [5.74, 6) is 0.752. The number of nitrogens with one attached hydrogen (secondary N) is 1. The van der Waals surface area contributed by atoms with Gasteiger partial charge < -0.3 is 10.2 Å². The van der Waals surface area contributed by atoms with Crippen LogP contribution >= 0.6 is 0 Å². The summed E-state index contributed by atoms with van der Waals surface area (Å²) in [5, 5.41) is 14.3. The number of rotatable bonds is 5. The number of hydrogen-bond acceptors (Lipinski definition) is 4. The number of piperidine rings is 1. The van der Waals surface area contributed by atoms with Gasteiger partial charge in [0.15, 0.2) is 0 Å². The third-order valence-corrected chi connectivity index (χ3v) is 3.84. The number of benzene rings is 1. The molecule has 5 heteroatoms. The molecule has 0 aromatic heterocycles. The van der Waals surface area contributed by atoms with Gasteiger partial charge in [0.25, 0.3) is 5.69 Å². The van der Waals surface area contributed by atoms with Crippen LogP contribution in [-0.4, -0.2) is 24.6 Å². The van der Waals surface area contributed by atoms with E-state index >= 15 is 0 Å². The summed E-state index contributed by atoms with van der Waals surface area (Å²) in [6.45, 7) is 7.14. The van der Waals surface area contributed by atoms with Crippen molar-refractivity contribution in [1.29, 1.82) is 0 Å². The number of nitro benzene ring substituents is 1. The van der Waals surface area contributed by atoms with Crippen LogP contribution in [-0.2, 0) is 0 Å². The van der Waals surface area contributed by atoms with Crippen LogP contribution in [0.1, 0.15) is 33.1 Å². The Labute approximate surface area is 120 Å². The van der Waals surface area contributed by atoms with Crippen molar-refractivity contribution in [3.8, 4) is 0 Å². The van der Waals surface area contributed by atoms with E-state index in [4.69, 9.17) is 0 Å². The summed E-state index contributed by atoms with van der Waals surface area (Å²) in [5.41, 5.74) is 1.97. The second-order valence-electron chi connectivity index (χ2n) is 5.59. The van der Waals surface area contributed by atoms with Crippen LogP contribution in [0.25, 0.3) is 0 Å². The minimum Gasteiger partial charge on any atom is -0.385 e. The SMILES string of the molecule is CCCNc1cc(N2CCC(C)CC2)cc([N+](=O)[O-])c1. The Hall–Kier alpha value is -1.78. The molecule has 0 aliphatic carbocycles. The van der Waals surface area contributed by atoms with E-state index in [2.05, 4.69) is 24.1 Å². The third kappa shape index (κ3) is 3.62. The second kappa shape index (κ2) is 6.59. The quantitative estimate of drug-likeness (QED) is 0.659. The van der Waals surface area contributed by atoms with Gasteiger partial charge in [-0.2, -0.15) is 0 Å². The lowest BCUT2D eigenvalue weighted by atomic mass is 9.98. The molecule has 2 rings (SSSR count). The van der Waals surface area contributed by atoms with E-state index in [0.29, 0.717) is 0 Å². The zero-order valence-electron chi connectivity index (χ0n) is 12.3. The van der Waals surface area contributed by atoms with E-state index in [-0.39, 0.29) is 10.6 Å². The van der Waals surface area contributed by atoms with E-state index in [1.165, 1.54) is 0 Å². The Balaban J connectivity index is 2.22. The number of nitro groups is 1. The van der Waals surface area contributed by atoms with Crippen molar-refractivity contribution in [2.45, 2.75) is 33.1 Å². The van der Waals surface area contributed by atoms with Gasteiger partial charge in [-0.15, -0.1) is 0 Å². The molecule has 1 N–H and O–H groups in total. The molecule has 20 heavy (non-hydrogen) atoms. The molecule has 0 atom stereocenters. The highest BCUT2D eigenvalue weighted by atomic mass is 16.6. The fourth-order valence-electron chi connectivity index (χ4n) is 2.52. The average Bonchev–Trinajstić information content (AvgIpc) is 2.45. The average molecular weight is 277 g/mol. The van der Waals surface area contributed by atoms with E-state index in [1.807, 2.05) is 6.07 Å². The van der Waals surface area contributed by atoms with Gasteiger partial charge in [0.2, 0.25) is 0 Å². The minimum absolute atomic E-state index is 0.166. The first-order valence-electron chi connectivity index (χ1n) is 7.38. The lowest BCUT2D eigenvalue weighted by Crippen LogP contribution is -2.32. The third-order valence-electron chi connectivity index (χ3n) is 3.84. The predicted molar refractivity (Wildman–Crippen MR) is 82.5 cm³/mol. The molecule has 1 aliphatic heterocycles. The summed E-state index contributed by atoms with van der Waals surface area (Å²) >= 11 is 0. The maximum Gasteiger partial charge on any atom is 0.273 e. The van der Waals surface area contributed by atoms with Crippen molar-refractivity contribution < 1.29 is 4.92 Å². The second-order valence-corrected chi connectivity index (χ2v) is 5.59. The largest absolute Gasteiger partial charge is 0.385 e. The van der Waals surface area contributed by atoms with E-state index < -0.39 is 0 Å². The van der Waals surface area contributed by atoms with Crippen LogP contribution < -0.4 is 10.2 Å². The van der Waals surface area contributed by atoms with E-state index in [9.17, 15) is 10.1 Å². The zero-order chi connectivity index (χ0) is 14.5. The fourth-order valence-corrected chi connectivity index (χ4v) is 2.52. The number of non-ortho nitro benzene ring substituents is 1. The highest BCUT2D eigenvalue weighted by Gasteiger charge is 2.19. The zero-order valence-corrected chi connectivity index (χ0v) is 12.3. The smallest absolute Gasteiger partial charge is 0.273 e. The first kappa shape index (κ1) is 14.6. The van der Waals surface area contributed by atoms with Crippen LogP contribution in [0.4, 0.5) is 17.1 Å².